The fraction of sp³-hybridized carbons (Fsp3) is 0.158. The number of aromatic nitrogens is 2. The first kappa shape index (κ1) is 15.0. The molecule has 2 aromatic carbocycles. The van der Waals surface area contributed by atoms with E-state index in [1.165, 1.54) is 17.7 Å². The summed E-state index contributed by atoms with van der Waals surface area (Å²) in [5, 5.41) is 9.41. The number of benzene rings is 2. The molecule has 4 heteroatoms. The third-order valence-corrected chi connectivity index (χ3v) is 3.73. The molecule has 1 heterocycles. The van der Waals surface area contributed by atoms with E-state index in [0.717, 1.165) is 5.56 Å². The van der Waals surface area contributed by atoms with E-state index in [4.69, 9.17) is 0 Å². The average molecular weight is 305 g/mol. The van der Waals surface area contributed by atoms with Gasteiger partial charge in [0.05, 0.1) is 16.6 Å². The predicted octanol–water partition coefficient (Wildman–Crippen LogP) is 4.89. The van der Waals surface area contributed by atoms with Crippen LogP contribution in [0.2, 0.25) is 0 Å². The molecular formula is C19H16FN3. The van der Waals surface area contributed by atoms with Crippen molar-refractivity contribution in [1.29, 1.82) is 5.26 Å². The molecule has 0 aliphatic heterocycles. The lowest BCUT2D eigenvalue weighted by Crippen LogP contribution is -1.88. The van der Waals surface area contributed by atoms with Crippen LogP contribution in [0.4, 0.5) is 4.39 Å². The monoisotopic (exact) mass is 305 g/mol. The Labute approximate surface area is 134 Å². The first-order chi connectivity index (χ1) is 11.1. The third kappa shape index (κ3) is 3.14. The van der Waals surface area contributed by atoms with Gasteiger partial charge >= 0.3 is 0 Å². The van der Waals surface area contributed by atoms with E-state index < -0.39 is 0 Å². The number of rotatable bonds is 3. The zero-order valence-electron chi connectivity index (χ0n) is 13.0. The van der Waals surface area contributed by atoms with Crippen molar-refractivity contribution in [2.75, 3.05) is 0 Å². The Bertz CT molecular complexity index is 912. The highest BCUT2D eigenvalue weighted by Crippen LogP contribution is 2.21. The van der Waals surface area contributed by atoms with Crippen molar-refractivity contribution in [2.24, 2.45) is 0 Å². The van der Waals surface area contributed by atoms with Crippen LogP contribution in [0.25, 0.3) is 22.7 Å². The average Bonchev–Trinajstić information content (AvgIpc) is 2.95. The van der Waals surface area contributed by atoms with Crippen molar-refractivity contribution in [3.63, 3.8) is 0 Å². The molecule has 0 radical (unpaired) electrons. The van der Waals surface area contributed by atoms with E-state index in [9.17, 15) is 9.65 Å². The molecule has 3 rings (SSSR count). The van der Waals surface area contributed by atoms with Crippen molar-refractivity contribution in [3.8, 4) is 6.07 Å². The Morgan fingerprint density at radius 2 is 1.96 bits per heavy atom. The van der Waals surface area contributed by atoms with Crippen LogP contribution in [0.5, 0.6) is 0 Å². The van der Waals surface area contributed by atoms with Crippen LogP contribution in [0.3, 0.4) is 0 Å². The quantitative estimate of drug-likeness (QED) is 0.700. The third-order valence-electron chi connectivity index (χ3n) is 3.73. The van der Waals surface area contributed by atoms with Gasteiger partial charge in [-0.3, -0.25) is 0 Å². The van der Waals surface area contributed by atoms with Gasteiger partial charge in [-0.05, 0) is 41.3 Å². The normalized spacial score (nSPS) is 11.9. The molecule has 0 spiro atoms. The summed E-state index contributed by atoms with van der Waals surface area (Å²) in [6.07, 6.45) is 1.78. The number of halogens is 1. The zero-order chi connectivity index (χ0) is 16.4. The van der Waals surface area contributed by atoms with E-state index in [1.807, 2.05) is 12.1 Å². The zero-order valence-corrected chi connectivity index (χ0v) is 13.0. The summed E-state index contributed by atoms with van der Waals surface area (Å²) >= 11 is 0. The number of fused-ring (bicyclic) bond motifs is 1. The van der Waals surface area contributed by atoms with Crippen molar-refractivity contribution < 1.29 is 4.39 Å². The van der Waals surface area contributed by atoms with Crippen molar-refractivity contribution in [1.82, 2.24) is 9.97 Å². The van der Waals surface area contributed by atoms with Gasteiger partial charge in [0, 0.05) is 0 Å². The van der Waals surface area contributed by atoms with Crippen LogP contribution in [-0.4, -0.2) is 9.97 Å². The molecule has 0 unspecified atom stereocenters. The highest BCUT2D eigenvalue weighted by Gasteiger charge is 2.09. The first-order valence-electron chi connectivity index (χ1n) is 7.44. The molecule has 114 valence electrons. The van der Waals surface area contributed by atoms with E-state index in [0.29, 0.717) is 28.3 Å². The fourth-order valence-electron chi connectivity index (χ4n) is 2.41. The molecule has 1 aromatic heterocycles. The summed E-state index contributed by atoms with van der Waals surface area (Å²) in [5.74, 6) is 0.578. The van der Waals surface area contributed by atoms with Gasteiger partial charge in [-0.15, -0.1) is 0 Å². The number of nitrogens with one attached hydrogen (secondary N) is 1. The van der Waals surface area contributed by atoms with E-state index in [2.05, 4.69) is 42.0 Å². The molecule has 0 amide bonds. The summed E-state index contributed by atoms with van der Waals surface area (Å²) in [4.78, 5) is 7.35. The topological polar surface area (TPSA) is 52.5 Å². The van der Waals surface area contributed by atoms with Crippen LogP contribution >= 0.6 is 0 Å². The molecule has 0 saturated heterocycles. The van der Waals surface area contributed by atoms with Gasteiger partial charge in [0.2, 0.25) is 0 Å². The lowest BCUT2D eigenvalue weighted by molar-refractivity contribution is 0.629. The lowest BCUT2D eigenvalue weighted by atomic mass is 10.0. The Kier molecular flexibility index (Phi) is 3.94. The summed E-state index contributed by atoms with van der Waals surface area (Å²) in [6.45, 7) is 4.28. The highest BCUT2D eigenvalue weighted by atomic mass is 19.1. The van der Waals surface area contributed by atoms with Crippen LogP contribution in [0.1, 0.15) is 36.7 Å². The predicted molar refractivity (Wildman–Crippen MR) is 90.1 cm³/mol. The molecule has 23 heavy (non-hydrogen) atoms. The molecule has 0 saturated carbocycles. The smallest absolute Gasteiger partial charge is 0.149 e. The molecule has 0 bridgehead atoms. The minimum absolute atomic E-state index is 0.334. The number of nitrogens with zero attached hydrogens (tertiary/aromatic N) is 2. The molecule has 3 nitrogen and oxygen atoms in total. The number of imidazole rings is 1. The lowest BCUT2D eigenvalue weighted by Gasteiger charge is -2.04. The van der Waals surface area contributed by atoms with E-state index in [-0.39, 0.29) is 5.82 Å². The molecule has 0 fully saturated rings. The van der Waals surface area contributed by atoms with Gasteiger partial charge in [-0.1, -0.05) is 38.1 Å². The summed E-state index contributed by atoms with van der Waals surface area (Å²) < 4.78 is 13.3. The number of hydrogen-bond donors (Lipinski definition) is 1. The molecule has 0 atom stereocenters. The SMILES string of the molecule is CC(C)c1ccc(/C=C(/C#N)c2nc3ccc(F)cc3[nH]2)cc1. The van der Waals surface area contributed by atoms with Gasteiger partial charge in [0.15, 0.2) is 0 Å². The maximum atomic E-state index is 13.3. The Hall–Kier alpha value is -2.93. The van der Waals surface area contributed by atoms with Crippen LogP contribution in [0.15, 0.2) is 42.5 Å². The van der Waals surface area contributed by atoms with Gasteiger partial charge in [0.1, 0.15) is 17.7 Å². The Morgan fingerprint density at radius 1 is 1.22 bits per heavy atom. The van der Waals surface area contributed by atoms with Crippen LogP contribution in [-0.2, 0) is 0 Å². The van der Waals surface area contributed by atoms with Gasteiger partial charge in [-0.25, -0.2) is 9.37 Å². The summed E-state index contributed by atoms with van der Waals surface area (Å²) in [5.41, 5.74) is 3.81. The summed E-state index contributed by atoms with van der Waals surface area (Å²) in [7, 11) is 0. The number of allylic oxidation sites excluding steroid dienone is 1. The first-order valence-corrected chi connectivity index (χ1v) is 7.44. The summed E-state index contributed by atoms with van der Waals surface area (Å²) in [6, 6.07) is 14.5. The Balaban J connectivity index is 1.98. The fourth-order valence-corrected chi connectivity index (χ4v) is 2.41. The molecule has 3 aromatic rings. The maximum absolute atomic E-state index is 13.3. The Morgan fingerprint density at radius 3 is 2.61 bits per heavy atom. The second-order valence-electron chi connectivity index (χ2n) is 5.74. The molecule has 0 aliphatic carbocycles. The van der Waals surface area contributed by atoms with Gasteiger partial charge < -0.3 is 4.98 Å². The van der Waals surface area contributed by atoms with Gasteiger partial charge in [0.25, 0.3) is 0 Å². The van der Waals surface area contributed by atoms with Crippen molar-refractivity contribution in [3.05, 3.63) is 65.2 Å². The maximum Gasteiger partial charge on any atom is 0.149 e. The van der Waals surface area contributed by atoms with Crippen molar-refractivity contribution >= 4 is 22.7 Å². The van der Waals surface area contributed by atoms with Gasteiger partial charge in [-0.2, -0.15) is 5.26 Å². The molecule has 0 aliphatic rings. The van der Waals surface area contributed by atoms with Crippen molar-refractivity contribution in [2.45, 2.75) is 19.8 Å². The number of aromatic amines is 1. The second kappa shape index (κ2) is 6.05. The number of H-pyrrole nitrogens is 1. The van der Waals surface area contributed by atoms with E-state index in [1.54, 1.807) is 12.1 Å². The molecular weight excluding hydrogens is 289 g/mol. The minimum atomic E-state index is -0.334. The number of hydrogen-bond acceptors (Lipinski definition) is 2. The standard InChI is InChI=1S/C19H16FN3/c1-12(2)14-5-3-13(4-6-14)9-15(11-21)19-22-17-8-7-16(20)10-18(17)23-19/h3-10,12H,1-2H3,(H,22,23)/b15-9-. The van der Waals surface area contributed by atoms with Crippen LogP contribution in [0, 0.1) is 17.1 Å². The number of nitriles is 1. The highest BCUT2D eigenvalue weighted by molar-refractivity contribution is 5.90. The second-order valence-corrected chi connectivity index (χ2v) is 5.74. The van der Waals surface area contributed by atoms with E-state index >= 15 is 0 Å². The minimum Gasteiger partial charge on any atom is -0.337 e. The largest absolute Gasteiger partial charge is 0.337 e. The van der Waals surface area contributed by atoms with Crippen LogP contribution < -0.4 is 0 Å². The molecule has 1 N–H and O–H groups in total.